The van der Waals surface area contributed by atoms with Gasteiger partial charge in [0.15, 0.2) is 0 Å². The van der Waals surface area contributed by atoms with Gasteiger partial charge in [-0.3, -0.25) is 9.78 Å². The van der Waals surface area contributed by atoms with Crippen LogP contribution in [0.5, 0.6) is 0 Å². The summed E-state index contributed by atoms with van der Waals surface area (Å²) in [6, 6.07) is 26.4. The minimum absolute atomic E-state index is 0.179. The van der Waals surface area contributed by atoms with Gasteiger partial charge >= 0.3 is 0 Å². The number of pyridine rings is 1. The minimum Gasteiger partial charge on any atom is -0.322 e. The van der Waals surface area contributed by atoms with Crippen molar-refractivity contribution in [2.24, 2.45) is 0 Å². The average Bonchev–Trinajstić information content (AvgIpc) is 2.91. The average molecular weight is 537 g/mol. The SMILES string of the molecule is CC(C)(C)NS(=O)(=O)c1ccccc1-c1ccc(NC(=O)/C(=C\c2cccc(C#N)c2)c2cccnc2)cc1. The van der Waals surface area contributed by atoms with Crippen molar-refractivity contribution in [1.82, 2.24) is 9.71 Å². The maximum absolute atomic E-state index is 13.4. The molecule has 0 fully saturated rings. The summed E-state index contributed by atoms with van der Waals surface area (Å²) in [6.07, 6.45) is 4.94. The van der Waals surface area contributed by atoms with Crippen molar-refractivity contribution >= 4 is 33.3 Å². The van der Waals surface area contributed by atoms with Crippen molar-refractivity contribution in [2.75, 3.05) is 5.32 Å². The summed E-state index contributed by atoms with van der Waals surface area (Å²) in [6.45, 7) is 5.37. The number of rotatable bonds is 7. The molecule has 1 amide bonds. The third-order valence-electron chi connectivity index (χ3n) is 5.61. The van der Waals surface area contributed by atoms with E-state index < -0.39 is 15.6 Å². The van der Waals surface area contributed by atoms with Gasteiger partial charge in [-0.25, -0.2) is 13.1 Å². The predicted molar refractivity (Wildman–Crippen MR) is 154 cm³/mol. The van der Waals surface area contributed by atoms with Crippen LogP contribution in [0.1, 0.15) is 37.5 Å². The van der Waals surface area contributed by atoms with Gasteiger partial charge in [0, 0.05) is 40.3 Å². The molecule has 7 nitrogen and oxygen atoms in total. The highest BCUT2D eigenvalue weighted by Crippen LogP contribution is 2.29. The maximum atomic E-state index is 13.4. The van der Waals surface area contributed by atoms with Crippen LogP contribution in [0.3, 0.4) is 0 Å². The van der Waals surface area contributed by atoms with Crippen molar-refractivity contribution in [3.05, 3.63) is 114 Å². The summed E-state index contributed by atoms with van der Waals surface area (Å²) < 4.78 is 28.8. The number of hydrogen-bond acceptors (Lipinski definition) is 5. The van der Waals surface area contributed by atoms with Gasteiger partial charge in [-0.15, -0.1) is 0 Å². The molecule has 0 saturated carbocycles. The zero-order valence-corrected chi connectivity index (χ0v) is 22.7. The Morgan fingerprint density at radius 2 is 1.69 bits per heavy atom. The lowest BCUT2D eigenvalue weighted by atomic mass is 10.0. The summed E-state index contributed by atoms with van der Waals surface area (Å²) in [5, 5.41) is 12.1. The minimum atomic E-state index is -3.76. The molecule has 0 aliphatic carbocycles. The van der Waals surface area contributed by atoms with Crippen LogP contribution < -0.4 is 10.0 Å². The topological polar surface area (TPSA) is 112 Å². The number of benzene rings is 3. The number of carbonyl (C=O) groups is 1. The summed E-state index contributed by atoms with van der Waals surface area (Å²) >= 11 is 0. The van der Waals surface area contributed by atoms with E-state index in [4.69, 9.17) is 0 Å². The van der Waals surface area contributed by atoms with Crippen LogP contribution in [0.4, 0.5) is 5.69 Å². The molecule has 0 aliphatic heterocycles. The molecule has 0 spiro atoms. The number of sulfonamides is 1. The second-order valence-corrected chi connectivity index (χ2v) is 11.6. The molecule has 1 heterocycles. The molecule has 0 unspecified atom stereocenters. The number of aromatic nitrogens is 1. The molecule has 0 radical (unpaired) electrons. The van der Waals surface area contributed by atoms with Gasteiger partial charge in [0.05, 0.1) is 16.5 Å². The quantitative estimate of drug-likeness (QED) is 0.287. The number of nitrogens with zero attached hydrogens (tertiary/aromatic N) is 2. The highest BCUT2D eigenvalue weighted by molar-refractivity contribution is 7.89. The zero-order valence-electron chi connectivity index (χ0n) is 21.8. The molecule has 1 aromatic heterocycles. The molecule has 4 aromatic rings. The van der Waals surface area contributed by atoms with Gasteiger partial charge in [0.1, 0.15) is 0 Å². The molecule has 0 saturated heterocycles. The molecule has 3 aromatic carbocycles. The van der Waals surface area contributed by atoms with Crippen molar-refractivity contribution in [2.45, 2.75) is 31.2 Å². The standard InChI is InChI=1S/C31H28N4O3S/c1-31(2,3)35-39(37,38)29-12-5-4-11-27(29)24-13-15-26(16-14-24)34-30(36)28(25-10-7-17-33-21-25)19-22-8-6-9-23(18-22)20-32/h4-19,21,35H,1-3H3,(H,34,36)/b28-19-. The molecule has 4 rings (SSSR count). The molecule has 0 atom stereocenters. The lowest BCUT2D eigenvalue weighted by molar-refractivity contribution is -0.111. The summed E-state index contributed by atoms with van der Waals surface area (Å²) in [4.78, 5) is 17.7. The van der Waals surface area contributed by atoms with Crippen LogP contribution in [-0.2, 0) is 14.8 Å². The van der Waals surface area contributed by atoms with Gasteiger partial charge in [-0.05, 0) is 74.4 Å². The molecule has 8 heteroatoms. The number of nitriles is 1. The smallest absolute Gasteiger partial charge is 0.256 e. The molecule has 39 heavy (non-hydrogen) atoms. The van der Waals surface area contributed by atoms with Crippen molar-refractivity contribution < 1.29 is 13.2 Å². The Bertz CT molecular complexity index is 1670. The van der Waals surface area contributed by atoms with Crippen molar-refractivity contribution in [3.63, 3.8) is 0 Å². The Hall–Kier alpha value is -4.58. The molecular formula is C31H28N4O3S. The summed E-state index contributed by atoms with van der Waals surface area (Å²) in [5.74, 6) is -0.351. The van der Waals surface area contributed by atoms with E-state index in [0.29, 0.717) is 39.1 Å². The third kappa shape index (κ3) is 7.05. The number of nitrogens with one attached hydrogen (secondary N) is 2. The van der Waals surface area contributed by atoms with E-state index in [9.17, 15) is 18.5 Å². The van der Waals surface area contributed by atoms with Gasteiger partial charge < -0.3 is 5.32 Å². The van der Waals surface area contributed by atoms with E-state index in [1.165, 1.54) is 0 Å². The van der Waals surface area contributed by atoms with Crippen molar-refractivity contribution in [3.8, 4) is 17.2 Å². The van der Waals surface area contributed by atoms with E-state index in [-0.39, 0.29) is 10.8 Å². The number of anilines is 1. The molecule has 0 bridgehead atoms. The fraction of sp³-hybridized carbons (Fsp3) is 0.129. The lowest BCUT2D eigenvalue weighted by Crippen LogP contribution is -2.40. The number of amides is 1. The first-order valence-electron chi connectivity index (χ1n) is 12.2. The largest absolute Gasteiger partial charge is 0.322 e. The van der Waals surface area contributed by atoms with Gasteiger partial charge in [-0.1, -0.05) is 48.5 Å². The monoisotopic (exact) mass is 536 g/mol. The normalized spacial score (nSPS) is 12.0. The van der Waals surface area contributed by atoms with Gasteiger partial charge in [0.2, 0.25) is 10.0 Å². The lowest BCUT2D eigenvalue weighted by Gasteiger charge is -2.21. The zero-order chi connectivity index (χ0) is 28.0. The van der Waals surface area contributed by atoms with Gasteiger partial charge in [-0.2, -0.15) is 5.26 Å². The molecule has 196 valence electrons. The fourth-order valence-electron chi connectivity index (χ4n) is 4.00. The van der Waals surface area contributed by atoms with Crippen LogP contribution in [0.15, 0.2) is 102 Å². The van der Waals surface area contributed by atoms with E-state index in [1.807, 2.05) is 6.07 Å². The van der Waals surface area contributed by atoms with E-state index >= 15 is 0 Å². The molecular weight excluding hydrogens is 508 g/mol. The van der Waals surface area contributed by atoms with Crippen molar-refractivity contribution in [1.29, 1.82) is 5.26 Å². The van der Waals surface area contributed by atoms with E-state index in [1.54, 1.807) is 118 Å². The second-order valence-electron chi connectivity index (χ2n) is 9.92. The summed E-state index contributed by atoms with van der Waals surface area (Å²) in [7, 11) is -3.76. The molecule has 0 aliphatic rings. The third-order valence-corrected chi connectivity index (χ3v) is 7.43. The Balaban J connectivity index is 1.63. The van der Waals surface area contributed by atoms with E-state index in [0.717, 1.165) is 0 Å². The van der Waals surface area contributed by atoms with Crippen LogP contribution in [-0.4, -0.2) is 24.8 Å². The summed E-state index contributed by atoms with van der Waals surface area (Å²) in [5.41, 5.74) is 3.36. The maximum Gasteiger partial charge on any atom is 0.256 e. The van der Waals surface area contributed by atoms with Crippen LogP contribution in [0.2, 0.25) is 0 Å². The first-order valence-corrected chi connectivity index (χ1v) is 13.7. The fourth-order valence-corrected chi connectivity index (χ4v) is 5.65. The highest BCUT2D eigenvalue weighted by atomic mass is 32.2. The first-order chi connectivity index (χ1) is 18.6. The first kappa shape index (κ1) is 27.5. The molecule has 2 N–H and O–H groups in total. The number of hydrogen-bond donors (Lipinski definition) is 2. The van der Waals surface area contributed by atoms with E-state index in [2.05, 4.69) is 21.1 Å². The Morgan fingerprint density at radius 1 is 0.949 bits per heavy atom. The number of carbonyl (C=O) groups excluding carboxylic acids is 1. The highest BCUT2D eigenvalue weighted by Gasteiger charge is 2.24. The Labute approximate surface area is 228 Å². The Kier molecular flexibility index (Phi) is 8.05. The predicted octanol–water partition coefficient (Wildman–Crippen LogP) is 5.88. The Morgan fingerprint density at radius 3 is 2.36 bits per heavy atom. The second kappa shape index (κ2) is 11.4. The van der Waals surface area contributed by atoms with Crippen LogP contribution in [0.25, 0.3) is 22.8 Å². The van der Waals surface area contributed by atoms with Crippen LogP contribution >= 0.6 is 0 Å². The van der Waals surface area contributed by atoms with Gasteiger partial charge in [0.25, 0.3) is 5.91 Å². The van der Waals surface area contributed by atoms with Crippen LogP contribution in [0, 0.1) is 11.3 Å².